The number of nitrogens with one attached hydrogen (secondary N) is 1. The summed E-state index contributed by atoms with van der Waals surface area (Å²) in [6.45, 7) is 2.14. The zero-order chi connectivity index (χ0) is 4.99. The van der Waals surface area contributed by atoms with Crippen molar-refractivity contribution in [2.45, 2.75) is 13.0 Å². The van der Waals surface area contributed by atoms with Crippen molar-refractivity contribution in [3.05, 3.63) is 0 Å². The topological polar surface area (TPSA) is 32.3 Å². The van der Waals surface area contributed by atoms with Crippen LogP contribution in [0.25, 0.3) is 0 Å². The number of aliphatic hydroxyl groups excluding tert-OH is 1. The van der Waals surface area contributed by atoms with Crippen molar-refractivity contribution in [3.8, 4) is 0 Å². The van der Waals surface area contributed by atoms with E-state index in [0.717, 1.165) is 0 Å². The molecule has 0 amide bonds. The van der Waals surface area contributed by atoms with Crippen molar-refractivity contribution < 1.29 is 5.11 Å². The van der Waals surface area contributed by atoms with Gasteiger partial charge < -0.3 is 10.4 Å². The summed E-state index contributed by atoms with van der Waals surface area (Å²) in [5.74, 6) is 0. The van der Waals surface area contributed by atoms with Crippen LogP contribution in [0.5, 0.6) is 0 Å². The van der Waals surface area contributed by atoms with Gasteiger partial charge in [-0.05, 0) is 14.0 Å². The Hall–Kier alpha value is -0.0800. The smallest absolute Gasteiger partial charge is 0.0581 e. The van der Waals surface area contributed by atoms with Crippen LogP contribution in [-0.4, -0.2) is 24.8 Å². The van der Waals surface area contributed by atoms with Crippen molar-refractivity contribution >= 4 is 0 Å². The van der Waals surface area contributed by atoms with Crippen LogP contribution < -0.4 is 5.32 Å². The molecule has 0 bridgehead atoms. The van der Waals surface area contributed by atoms with E-state index in [4.69, 9.17) is 5.11 Å². The third-order valence-electron chi connectivity index (χ3n) is 0.767. The predicted octanol–water partition coefficient (Wildman–Crippen LogP) is -0.413. The van der Waals surface area contributed by atoms with E-state index in [9.17, 15) is 0 Å². The molecule has 0 aromatic carbocycles. The van der Waals surface area contributed by atoms with Gasteiger partial charge in [-0.25, -0.2) is 0 Å². The van der Waals surface area contributed by atoms with Gasteiger partial charge in [-0.15, -0.1) is 0 Å². The van der Waals surface area contributed by atoms with Gasteiger partial charge in [-0.2, -0.15) is 0 Å². The summed E-state index contributed by atoms with van der Waals surface area (Å²) in [5, 5.41) is 11.1. The van der Waals surface area contributed by atoms with E-state index in [1.807, 2.05) is 14.0 Å². The highest BCUT2D eigenvalue weighted by atomic mass is 16.3. The molecule has 1 atom stereocenters. The molecule has 2 nitrogen and oxygen atoms in total. The minimum Gasteiger partial charge on any atom is -0.395 e. The maximum absolute atomic E-state index is 8.27. The van der Waals surface area contributed by atoms with Gasteiger partial charge in [0, 0.05) is 6.04 Å². The first-order valence-electron chi connectivity index (χ1n) is 2.09. The van der Waals surface area contributed by atoms with Crippen LogP contribution in [-0.2, 0) is 0 Å². The third-order valence-corrected chi connectivity index (χ3v) is 0.767. The Morgan fingerprint density at radius 1 is 1.83 bits per heavy atom. The van der Waals surface area contributed by atoms with Crippen LogP contribution in [0, 0.1) is 0 Å². The van der Waals surface area contributed by atoms with E-state index in [-0.39, 0.29) is 12.6 Å². The zero-order valence-corrected chi connectivity index (χ0v) is 4.23. The Morgan fingerprint density at radius 3 is 2.33 bits per heavy atom. The van der Waals surface area contributed by atoms with E-state index in [2.05, 4.69) is 5.32 Å². The van der Waals surface area contributed by atoms with Gasteiger partial charge in [0.2, 0.25) is 0 Å². The molecular formula is C4H11NO. The van der Waals surface area contributed by atoms with Crippen molar-refractivity contribution in [1.29, 1.82) is 0 Å². The van der Waals surface area contributed by atoms with Gasteiger partial charge in [0.25, 0.3) is 0 Å². The molecular weight excluding hydrogens is 78.0 g/mol. The van der Waals surface area contributed by atoms with E-state index in [1.165, 1.54) is 0 Å². The molecule has 38 valence electrons. The summed E-state index contributed by atoms with van der Waals surface area (Å²) < 4.78 is 0. The SMILES string of the molecule is CN[C@H](C)CO. The predicted molar refractivity (Wildman–Crippen MR) is 25.6 cm³/mol. The van der Waals surface area contributed by atoms with Crippen LogP contribution in [0.4, 0.5) is 0 Å². The van der Waals surface area contributed by atoms with Gasteiger partial charge in [-0.1, -0.05) is 0 Å². The zero-order valence-electron chi connectivity index (χ0n) is 4.23. The van der Waals surface area contributed by atoms with Gasteiger partial charge in [0.05, 0.1) is 6.61 Å². The molecule has 0 rings (SSSR count). The number of aliphatic hydroxyl groups is 1. The Labute approximate surface area is 38.2 Å². The van der Waals surface area contributed by atoms with Crippen molar-refractivity contribution in [3.63, 3.8) is 0 Å². The van der Waals surface area contributed by atoms with Crippen molar-refractivity contribution in [2.75, 3.05) is 13.7 Å². The molecule has 0 spiro atoms. The average Bonchev–Trinajstić information content (AvgIpc) is 1.65. The van der Waals surface area contributed by atoms with Gasteiger partial charge in [0.1, 0.15) is 0 Å². The van der Waals surface area contributed by atoms with Gasteiger partial charge in [-0.3, -0.25) is 0 Å². The number of hydrogen-bond donors (Lipinski definition) is 2. The monoisotopic (exact) mass is 89.1 g/mol. The molecule has 0 aliphatic carbocycles. The van der Waals surface area contributed by atoms with Crippen LogP contribution >= 0.6 is 0 Å². The molecule has 2 heteroatoms. The molecule has 0 aromatic heterocycles. The summed E-state index contributed by atoms with van der Waals surface area (Å²) in [4.78, 5) is 0. The van der Waals surface area contributed by atoms with Crippen molar-refractivity contribution in [1.82, 2.24) is 5.32 Å². The summed E-state index contributed by atoms with van der Waals surface area (Å²) in [6.07, 6.45) is 0. The molecule has 6 heavy (non-hydrogen) atoms. The summed E-state index contributed by atoms with van der Waals surface area (Å²) >= 11 is 0. The second kappa shape index (κ2) is 3.12. The minimum atomic E-state index is 0.219. The molecule has 0 fully saturated rings. The van der Waals surface area contributed by atoms with E-state index >= 15 is 0 Å². The fourth-order valence-corrected chi connectivity index (χ4v) is 0.0913. The maximum Gasteiger partial charge on any atom is 0.0581 e. The highest BCUT2D eigenvalue weighted by Gasteiger charge is 1.88. The average molecular weight is 89.1 g/mol. The summed E-state index contributed by atoms with van der Waals surface area (Å²) in [7, 11) is 1.82. The molecule has 0 unspecified atom stereocenters. The Kier molecular flexibility index (Phi) is 3.08. The molecule has 0 aliphatic heterocycles. The minimum absolute atomic E-state index is 0.219. The van der Waals surface area contributed by atoms with Gasteiger partial charge >= 0.3 is 0 Å². The Bertz CT molecular complexity index is 26.7. The Morgan fingerprint density at radius 2 is 2.33 bits per heavy atom. The molecule has 2 N–H and O–H groups in total. The van der Waals surface area contributed by atoms with E-state index < -0.39 is 0 Å². The first-order valence-corrected chi connectivity index (χ1v) is 2.09. The molecule has 0 aromatic rings. The lowest BCUT2D eigenvalue weighted by atomic mass is 10.4. The number of rotatable bonds is 2. The lowest BCUT2D eigenvalue weighted by Gasteiger charge is -2.01. The fraction of sp³-hybridized carbons (Fsp3) is 1.00. The van der Waals surface area contributed by atoms with Crippen LogP contribution in [0.2, 0.25) is 0 Å². The van der Waals surface area contributed by atoms with Crippen LogP contribution in [0.1, 0.15) is 6.92 Å². The lowest BCUT2D eigenvalue weighted by molar-refractivity contribution is 0.258. The molecule has 0 heterocycles. The maximum atomic E-state index is 8.27. The highest BCUT2D eigenvalue weighted by molar-refractivity contribution is 4.49. The second-order valence-electron chi connectivity index (χ2n) is 1.37. The second-order valence-corrected chi connectivity index (χ2v) is 1.37. The number of hydrogen-bond acceptors (Lipinski definition) is 2. The van der Waals surface area contributed by atoms with Crippen LogP contribution in [0.3, 0.4) is 0 Å². The molecule has 0 aliphatic rings. The quantitative estimate of drug-likeness (QED) is 0.482. The van der Waals surface area contributed by atoms with Crippen LogP contribution in [0.15, 0.2) is 0 Å². The normalized spacial score (nSPS) is 14.5. The molecule has 0 saturated heterocycles. The number of likely N-dealkylation sites (N-methyl/N-ethyl adjacent to an activating group) is 1. The third kappa shape index (κ3) is 2.18. The van der Waals surface area contributed by atoms with E-state index in [1.54, 1.807) is 0 Å². The summed E-state index contributed by atoms with van der Waals surface area (Å²) in [5.41, 5.74) is 0. The van der Waals surface area contributed by atoms with Crippen molar-refractivity contribution in [2.24, 2.45) is 0 Å². The molecule has 0 saturated carbocycles. The van der Waals surface area contributed by atoms with Gasteiger partial charge in [0.15, 0.2) is 0 Å². The lowest BCUT2D eigenvalue weighted by Crippen LogP contribution is -2.24. The first-order chi connectivity index (χ1) is 2.81. The standard InChI is InChI=1S/C4H11NO/c1-4(3-6)5-2/h4-6H,3H2,1-2H3/t4-/m1/s1. The largest absolute Gasteiger partial charge is 0.395 e. The fourth-order valence-electron chi connectivity index (χ4n) is 0.0913. The first kappa shape index (κ1) is 5.92. The summed E-state index contributed by atoms with van der Waals surface area (Å²) in [6, 6.07) is 0.241. The molecule has 0 radical (unpaired) electrons. The van der Waals surface area contributed by atoms with E-state index in [0.29, 0.717) is 0 Å². The Balaban J connectivity index is 2.75. The highest BCUT2D eigenvalue weighted by Crippen LogP contribution is 1.69.